The van der Waals surface area contributed by atoms with Crippen molar-refractivity contribution in [2.75, 3.05) is 7.05 Å². The topological polar surface area (TPSA) is 12.0 Å². The summed E-state index contributed by atoms with van der Waals surface area (Å²) in [5.74, 6) is 0.816. The molecule has 0 radical (unpaired) electrons. The average molecular weight is 259 g/mol. The second-order valence-electron chi connectivity index (χ2n) is 5.35. The van der Waals surface area contributed by atoms with Gasteiger partial charge in [0.25, 0.3) is 0 Å². The summed E-state index contributed by atoms with van der Waals surface area (Å²) in [6.45, 7) is 0. The van der Waals surface area contributed by atoms with Crippen LogP contribution in [-0.4, -0.2) is 7.05 Å². The monoisotopic (exact) mass is 259 g/mol. The van der Waals surface area contributed by atoms with Gasteiger partial charge in [-0.05, 0) is 48.2 Å². The predicted octanol–water partition coefficient (Wildman–Crippen LogP) is 4.74. The third-order valence-electron chi connectivity index (χ3n) is 4.28. The van der Waals surface area contributed by atoms with E-state index >= 15 is 0 Å². The minimum atomic E-state index is 0.535. The molecule has 0 bridgehead atoms. The Morgan fingerprint density at radius 3 is 2.78 bits per heavy atom. The van der Waals surface area contributed by atoms with Gasteiger partial charge in [0.1, 0.15) is 0 Å². The van der Waals surface area contributed by atoms with Crippen LogP contribution in [0.3, 0.4) is 0 Å². The summed E-state index contributed by atoms with van der Waals surface area (Å²) in [6.07, 6.45) is 7.00. The van der Waals surface area contributed by atoms with Crippen molar-refractivity contribution in [3.05, 3.63) is 35.2 Å². The summed E-state index contributed by atoms with van der Waals surface area (Å²) in [6, 6.07) is 9.51. The molecule has 1 aromatic heterocycles. The lowest BCUT2D eigenvalue weighted by Gasteiger charge is -2.30. The molecule has 96 valence electrons. The quantitative estimate of drug-likeness (QED) is 0.839. The molecule has 18 heavy (non-hydrogen) atoms. The highest BCUT2D eigenvalue weighted by Gasteiger charge is 2.25. The lowest BCUT2D eigenvalue weighted by Crippen LogP contribution is -2.26. The zero-order valence-corrected chi connectivity index (χ0v) is 11.8. The van der Waals surface area contributed by atoms with Gasteiger partial charge in [0.05, 0.1) is 0 Å². The molecule has 0 spiro atoms. The molecule has 1 aliphatic rings. The fourth-order valence-electron chi connectivity index (χ4n) is 3.37. The second kappa shape index (κ2) is 5.41. The Morgan fingerprint density at radius 2 is 2.00 bits per heavy atom. The molecule has 1 N–H and O–H groups in total. The van der Waals surface area contributed by atoms with E-state index in [9.17, 15) is 0 Å². The number of rotatable bonds is 3. The Balaban J connectivity index is 1.97. The molecule has 1 saturated carbocycles. The molecule has 2 aromatic rings. The van der Waals surface area contributed by atoms with E-state index in [0.29, 0.717) is 6.04 Å². The van der Waals surface area contributed by atoms with Crippen molar-refractivity contribution in [2.24, 2.45) is 5.92 Å². The van der Waals surface area contributed by atoms with Crippen molar-refractivity contribution in [1.82, 2.24) is 5.32 Å². The molecule has 1 aromatic carbocycles. The minimum absolute atomic E-state index is 0.535. The lowest BCUT2D eigenvalue weighted by molar-refractivity contribution is 0.283. The Labute approximate surface area is 113 Å². The summed E-state index contributed by atoms with van der Waals surface area (Å²) in [5.41, 5.74) is 1.51. The van der Waals surface area contributed by atoms with E-state index in [0.717, 1.165) is 5.92 Å². The molecule has 1 aliphatic carbocycles. The van der Waals surface area contributed by atoms with E-state index in [-0.39, 0.29) is 0 Å². The molecule has 1 nitrogen and oxygen atoms in total. The summed E-state index contributed by atoms with van der Waals surface area (Å²) in [5, 5.41) is 7.18. The number of hydrogen-bond donors (Lipinski definition) is 1. The first-order valence-corrected chi connectivity index (χ1v) is 7.91. The normalized spacial score (nSPS) is 19.2. The van der Waals surface area contributed by atoms with Gasteiger partial charge in [-0.25, -0.2) is 0 Å². The number of nitrogens with one attached hydrogen (secondary N) is 1. The van der Waals surface area contributed by atoms with E-state index in [1.807, 2.05) is 11.3 Å². The van der Waals surface area contributed by atoms with Gasteiger partial charge in [0.2, 0.25) is 0 Å². The number of benzene rings is 1. The number of hydrogen-bond acceptors (Lipinski definition) is 2. The SMILES string of the molecule is CNC(c1cccc2ccsc12)C1CCCCC1. The van der Waals surface area contributed by atoms with Crippen LogP contribution in [-0.2, 0) is 0 Å². The van der Waals surface area contributed by atoms with Gasteiger partial charge < -0.3 is 5.32 Å². The van der Waals surface area contributed by atoms with Crippen molar-refractivity contribution in [3.8, 4) is 0 Å². The van der Waals surface area contributed by atoms with Crippen molar-refractivity contribution in [1.29, 1.82) is 0 Å². The van der Waals surface area contributed by atoms with Crippen LogP contribution in [0.5, 0.6) is 0 Å². The average Bonchev–Trinajstić information content (AvgIpc) is 2.90. The fourth-order valence-corrected chi connectivity index (χ4v) is 4.33. The van der Waals surface area contributed by atoms with Gasteiger partial charge in [-0.2, -0.15) is 0 Å². The Morgan fingerprint density at radius 1 is 1.17 bits per heavy atom. The van der Waals surface area contributed by atoms with Gasteiger partial charge in [-0.1, -0.05) is 37.5 Å². The van der Waals surface area contributed by atoms with Gasteiger partial charge >= 0.3 is 0 Å². The van der Waals surface area contributed by atoms with E-state index in [1.54, 1.807) is 0 Å². The summed E-state index contributed by atoms with van der Waals surface area (Å²) < 4.78 is 1.47. The van der Waals surface area contributed by atoms with Crippen LogP contribution < -0.4 is 5.32 Å². The van der Waals surface area contributed by atoms with Gasteiger partial charge in [-0.3, -0.25) is 0 Å². The highest BCUT2D eigenvalue weighted by atomic mass is 32.1. The van der Waals surface area contributed by atoms with E-state index in [1.165, 1.54) is 47.8 Å². The fraction of sp³-hybridized carbons (Fsp3) is 0.500. The van der Waals surface area contributed by atoms with E-state index in [2.05, 4.69) is 42.0 Å². The van der Waals surface area contributed by atoms with Crippen LogP contribution in [0.25, 0.3) is 10.1 Å². The van der Waals surface area contributed by atoms with E-state index < -0.39 is 0 Å². The molecule has 2 heteroatoms. The zero-order chi connectivity index (χ0) is 12.4. The lowest BCUT2D eigenvalue weighted by atomic mass is 9.81. The zero-order valence-electron chi connectivity index (χ0n) is 11.0. The first-order chi connectivity index (χ1) is 8.90. The van der Waals surface area contributed by atoms with Crippen molar-refractivity contribution in [2.45, 2.75) is 38.1 Å². The van der Waals surface area contributed by atoms with Crippen LogP contribution in [0.1, 0.15) is 43.7 Å². The molecule has 3 rings (SSSR count). The van der Waals surface area contributed by atoms with Crippen molar-refractivity contribution >= 4 is 21.4 Å². The molecule has 0 aliphatic heterocycles. The Kier molecular flexibility index (Phi) is 3.67. The standard InChI is InChI=1S/C16H21NS/c1-17-15(12-6-3-2-4-7-12)14-9-5-8-13-10-11-18-16(13)14/h5,8-12,15,17H,2-4,6-7H2,1H3. The predicted molar refractivity (Wildman–Crippen MR) is 80.2 cm³/mol. The smallest absolute Gasteiger partial charge is 0.0390 e. The van der Waals surface area contributed by atoms with Crippen LogP contribution >= 0.6 is 11.3 Å². The maximum Gasteiger partial charge on any atom is 0.0390 e. The molecule has 0 saturated heterocycles. The largest absolute Gasteiger partial charge is 0.313 e. The van der Waals surface area contributed by atoms with Crippen LogP contribution in [0.15, 0.2) is 29.6 Å². The molecule has 1 heterocycles. The van der Waals surface area contributed by atoms with Gasteiger partial charge in [-0.15, -0.1) is 11.3 Å². The molecular formula is C16H21NS. The Bertz CT molecular complexity index is 511. The van der Waals surface area contributed by atoms with Gasteiger partial charge in [0, 0.05) is 10.7 Å². The summed E-state index contributed by atoms with van der Waals surface area (Å²) in [7, 11) is 2.12. The summed E-state index contributed by atoms with van der Waals surface area (Å²) >= 11 is 1.88. The van der Waals surface area contributed by atoms with Gasteiger partial charge in [0.15, 0.2) is 0 Å². The third-order valence-corrected chi connectivity index (χ3v) is 5.26. The summed E-state index contributed by atoms with van der Waals surface area (Å²) in [4.78, 5) is 0. The maximum atomic E-state index is 3.58. The van der Waals surface area contributed by atoms with Crippen LogP contribution in [0.2, 0.25) is 0 Å². The molecule has 1 atom stereocenters. The second-order valence-corrected chi connectivity index (χ2v) is 6.27. The Hall–Kier alpha value is -0.860. The molecular weight excluding hydrogens is 238 g/mol. The maximum absolute atomic E-state index is 3.58. The highest BCUT2D eigenvalue weighted by molar-refractivity contribution is 7.17. The minimum Gasteiger partial charge on any atom is -0.313 e. The number of fused-ring (bicyclic) bond motifs is 1. The first-order valence-electron chi connectivity index (χ1n) is 7.03. The van der Waals surface area contributed by atoms with E-state index in [4.69, 9.17) is 0 Å². The van der Waals surface area contributed by atoms with Crippen LogP contribution in [0.4, 0.5) is 0 Å². The van der Waals surface area contributed by atoms with Crippen molar-refractivity contribution < 1.29 is 0 Å². The number of thiophene rings is 1. The van der Waals surface area contributed by atoms with Crippen molar-refractivity contribution in [3.63, 3.8) is 0 Å². The molecule has 1 unspecified atom stereocenters. The molecule has 0 amide bonds. The third kappa shape index (κ3) is 2.19. The van der Waals surface area contributed by atoms with Crippen LogP contribution in [0, 0.1) is 5.92 Å². The first kappa shape index (κ1) is 12.2. The molecule has 1 fully saturated rings. The highest BCUT2D eigenvalue weighted by Crippen LogP contribution is 2.38.